The van der Waals surface area contributed by atoms with Gasteiger partial charge in [-0.25, -0.2) is 0 Å². The van der Waals surface area contributed by atoms with Crippen molar-refractivity contribution in [2.75, 3.05) is 39.5 Å². The summed E-state index contributed by atoms with van der Waals surface area (Å²) in [6, 6.07) is 5.60. The minimum absolute atomic E-state index is 0.0410. The predicted octanol–water partition coefficient (Wildman–Crippen LogP) is 1.99. The number of nitrogen functional groups attached to an aromatic ring is 1. The molecule has 0 atom stereocenters. The number of hydrogen-bond acceptors (Lipinski definition) is 3. The zero-order chi connectivity index (χ0) is 14.4. The minimum Gasteiger partial charge on any atom is -0.398 e. The fourth-order valence-corrected chi connectivity index (χ4v) is 2.05. The number of likely N-dealkylation sites (N-methyl/N-ethyl adjacent to an activating group) is 1. The molecule has 0 bridgehead atoms. The third-order valence-electron chi connectivity index (χ3n) is 3.12. The molecule has 106 valence electrons. The van der Waals surface area contributed by atoms with Gasteiger partial charge in [-0.3, -0.25) is 4.79 Å². The van der Waals surface area contributed by atoms with Gasteiger partial charge >= 0.3 is 0 Å². The molecule has 1 aromatic carbocycles. The zero-order valence-electron chi connectivity index (χ0n) is 12.4. The van der Waals surface area contributed by atoms with Crippen molar-refractivity contribution in [2.24, 2.45) is 0 Å². The molecule has 19 heavy (non-hydrogen) atoms. The first-order valence-electron chi connectivity index (χ1n) is 6.76. The van der Waals surface area contributed by atoms with Crippen molar-refractivity contribution in [1.82, 2.24) is 9.80 Å². The van der Waals surface area contributed by atoms with Crippen LogP contribution in [0.3, 0.4) is 0 Å². The lowest BCUT2D eigenvalue weighted by atomic mass is 10.1. The Morgan fingerprint density at radius 2 is 1.89 bits per heavy atom. The second kappa shape index (κ2) is 7.14. The first-order valence-corrected chi connectivity index (χ1v) is 6.76. The summed E-state index contributed by atoms with van der Waals surface area (Å²) < 4.78 is 0. The number of benzene rings is 1. The Morgan fingerprint density at radius 1 is 1.21 bits per heavy atom. The Kier molecular flexibility index (Phi) is 5.83. The van der Waals surface area contributed by atoms with Crippen molar-refractivity contribution in [3.8, 4) is 0 Å². The van der Waals surface area contributed by atoms with Crippen molar-refractivity contribution in [3.05, 3.63) is 29.3 Å². The summed E-state index contributed by atoms with van der Waals surface area (Å²) in [5.74, 6) is 0.0410. The number of nitrogens with two attached hydrogens (primary N) is 1. The summed E-state index contributed by atoms with van der Waals surface area (Å²) in [6.07, 6.45) is 0.949. The van der Waals surface area contributed by atoms with Gasteiger partial charge in [-0.05, 0) is 39.1 Å². The minimum atomic E-state index is 0.0410. The molecular weight excluding hydrogens is 238 g/mol. The third kappa shape index (κ3) is 4.24. The lowest BCUT2D eigenvalue weighted by Crippen LogP contribution is -2.37. The molecule has 0 radical (unpaired) electrons. The highest BCUT2D eigenvalue weighted by molar-refractivity contribution is 6.00. The average Bonchev–Trinajstić information content (AvgIpc) is 2.33. The Labute approximate surface area is 116 Å². The second-order valence-corrected chi connectivity index (χ2v) is 5.13. The Balaban J connectivity index is 2.92. The van der Waals surface area contributed by atoms with Gasteiger partial charge in [-0.1, -0.05) is 19.1 Å². The zero-order valence-corrected chi connectivity index (χ0v) is 12.4. The second-order valence-electron chi connectivity index (χ2n) is 5.13. The number of carbonyl (C=O) groups is 1. The maximum atomic E-state index is 12.6. The van der Waals surface area contributed by atoms with Gasteiger partial charge in [0, 0.05) is 25.3 Å². The molecule has 0 saturated heterocycles. The van der Waals surface area contributed by atoms with Crippen LogP contribution in [0.15, 0.2) is 18.2 Å². The lowest BCUT2D eigenvalue weighted by molar-refractivity contribution is 0.0745. The molecule has 0 spiro atoms. The highest BCUT2D eigenvalue weighted by atomic mass is 16.2. The van der Waals surface area contributed by atoms with Gasteiger partial charge in [-0.15, -0.1) is 0 Å². The summed E-state index contributed by atoms with van der Waals surface area (Å²) in [5, 5.41) is 0. The number of carbonyl (C=O) groups excluding carboxylic acids is 1. The first-order chi connectivity index (χ1) is 8.97. The van der Waals surface area contributed by atoms with Crippen LogP contribution in [-0.2, 0) is 0 Å². The third-order valence-corrected chi connectivity index (χ3v) is 3.12. The van der Waals surface area contributed by atoms with Crippen LogP contribution in [-0.4, -0.2) is 49.4 Å². The molecule has 0 fully saturated rings. The van der Waals surface area contributed by atoms with Crippen LogP contribution in [0.4, 0.5) is 5.69 Å². The molecule has 0 unspecified atom stereocenters. The van der Waals surface area contributed by atoms with Gasteiger partial charge in [-0.2, -0.15) is 0 Å². The molecular formula is C15H25N3O. The predicted molar refractivity (Wildman–Crippen MR) is 80.3 cm³/mol. The maximum absolute atomic E-state index is 12.6. The number of rotatable bonds is 6. The van der Waals surface area contributed by atoms with Crippen LogP contribution < -0.4 is 5.73 Å². The monoisotopic (exact) mass is 263 g/mol. The SMILES string of the molecule is CCCN(CCN(C)C)C(=O)c1c(C)cccc1N. The summed E-state index contributed by atoms with van der Waals surface area (Å²) in [5.41, 5.74) is 8.11. The van der Waals surface area contributed by atoms with E-state index < -0.39 is 0 Å². The van der Waals surface area contributed by atoms with Crippen LogP contribution in [0.1, 0.15) is 29.3 Å². The van der Waals surface area contributed by atoms with Gasteiger partial charge in [0.1, 0.15) is 0 Å². The summed E-state index contributed by atoms with van der Waals surface area (Å²) in [6.45, 7) is 6.36. The Hall–Kier alpha value is -1.55. The van der Waals surface area contributed by atoms with Crippen LogP contribution >= 0.6 is 0 Å². The van der Waals surface area contributed by atoms with Crippen LogP contribution in [0, 0.1) is 6.92 Å². The standard InChI is InChI=1S/C15H25N3O/c1-5-9-18(11-10-17(3)4)15(19)14-12(2)7-6-8-13(14)16/h6-8H,5,9-11,16H2,1-4H3. The van der Waals surface area contributed by atoms with E-state index in [1.54, 1.807) is 6.07 Å². The number of nitrogens with zero attached hydrogens (tertiary/aromatic N) is 2. The summed E-state index contributed by atoms with van der Waals surface area (Å²) >= 11 is 0. The van der Waals surface area contributed by atoms with E-state index in [0.717, 1.165) is 31.6 Å². The van der Waals surface area contributed by atoms with Crippen molar-refractivity contribution >= 4 is 11.6 Å². The molecule has 0 aliphatic rings. The molecule has 1 aromatic rings. The largest absolute Gasteiger partial charge is 0.398 e. The smallest absolute Gasteiger partial charge is 0.256 e. The van der Waals surface area contributed by atoms with E-state index in [1.165, 1.54) is 0 Å². The van der Waals surface area contributed by atoms with Gasteiger partial charge in [0.05, 0.1) is 5.56 Å². The quantitative estimate of drug-likeness (QED) is 0.799. The number of anilines is 1. The van der Waals surface area contributed by atoms with E-state index >= 15 is 0 Å². The molecule has 4 nitrogen and oxygen atoms in total. The fraction of sp³-hybridized carbons (Fsp3) is 0.533. The van der Waals surface area contributed by atoms with E-state index in [4.69, 9.17) is 5.73 Å². The number of hydrogen-bond donors (Lipinski definition) is 1. The lowest BCUT2D eigenvalue weighted by Gasteiger charge is -2.25. The van der Waals surface area contributed by atoms with Gasteiger partial charge in [0.25, 0.3) is 5.91 Å². The average molecular weight is 263 g/mol. The van der Waals surface area contributed by atoms with Gasteiger partial charge in [0.2, 0.25) is 0 Å². The summed E-state index contributed by atoms with van der Waals surface area (Å²) in [4.78, 5) is 16.6. The molecule has 0 aliphatic heterocycles. The Bertz CT molecular complexity index is 409. The topological polar surface area (TPSA) is 49.6 Å². The Morgan fingerprint density at radius 3 is 2.42 bits per heavy atom. The number of amides is 1. The molecule has 0 heterocycles. The normalized spacial score (nSPS) is 10.8. The molecule has 0 saturated carbocycles. The van der Waals surface area contributed by atoms with Crippen molar-refractivity contribution < 1.29 is 4.79 Å². The van der Waals surface area contributed by atoms with E-state index in [1.807, 2.05) is 38.1 Å². The molecule has 4 heteroatoms. The van der Waals surface area contributed by atoms with E-state index in [2.05, 4.69) is 11.8 Å². The van der Waals surface area contributed by atoms with Crippen LogP contribution in [0.2, 0.25) is 0 Å². The molecule has 2 N–H and O–H groups in total. The molecule has 1 amide bonds. The van der Waals surface area contributed by atoms with E-state index in [9.17, 15) is 4.79 Å². The first kappa shape index (κ1) is 15.5. The van der Waals surface area contributed by atoms with Gasteiger partial charge < -0.3 is 15.5 Å². The molecule has 0 aliphatic carbocycles. The highest BCUT2D eigenvalue weighted by Gasteiger charge is 2.19. The van der Waals surface area contributed by atoms with Crippen molar-refractivity contribution in [3.63, 3.8) is 0 Å². The van der Waals surface area contributed by atoms with Crippen LogP contribution in [0.25, 0.3) is 0 Å². The highest BCUT2D eigenvalue weighted by Crippen LogP contribution is 2.18. The van der Waals surface area contributed by atoms with Crippen molar-refractivity contribution in [1.29, 1.82) is 0 Å². The molecule has 1 rings (SSSR count). The summed E-state index contributed by atoms with van der Waals surface area (Å²) in [7, 11) is 4.02. The van der Waals surface area contributed by atoms with Gasteiger partial charge in [0.15, 0.2) is 0 Å². The maximum Gasteiger partial charge on any atom is 0.256 e. The molecule has 0 aromatic heterocycles. The van der Waals surface area contributed by atoms with E-state index in [-0.39, 0.29) is 5.91 Å². The number of aryl methyl sites for hydroxylation is 1. The van der Waals surface area contributed by atoms with Crippen LogP contribution in [0.5, 0.6) is 0 Å². The van der Waals surface area contributed by atoms with Crippen molar-refractivity contribution in [2.45, 2.75) is 20.3 Å². The van der Waals surface area contributed by atoms with E-state index in [0.29, 0.717) is 11.3 Å². The fourth-order valence-electron chi connectivity index (χ4n) is 2.05.